The van der Waals surface area contributed by atoms with Crippen LogP contribution in [0.3, 0.4) is 0 Å². The Morgan fingerprint density at radius 1 is 1.14 bits per heavy atom. The zero-order valence-corrected chi connectivity index (χ0v) is 14.3. The Labute approximate surface area is 147 Å². The highest BCUT2D eigenvalue weighted by molar-refractivity contribution is 14.1. The van der Waals surface area contributed by atoms with Crippen molar-refractivity contribution >= 4 is 57.4 Å². The molecular formula is C14H7Cl2F3INO. The Morgan fingerprint density at radius 2 is 1.82 bits per heavy atom. The molecule has 0 unspecified atom stereocenters. The largest absolute Gasteiger partial charge is 0.416 e. The molecule has 22 heavy (non-hydrogen) atoms. The molecule has 0 heterocycles. The molecule has 0 saturated heterocycles. The molecule has 0 atom stereocenters. The Kier molecular flexibility index (Phi) is 5.24. The zero-order valence-electron chi connectivity index (χ0n) is 10.6. The Bertz CT molecular complexity index is 735. The van der Waals surface area contributed by atoms with Crippen molar-refractivity contribution in [3.05, 3.63) is 61.1 Å². The molecule has 0 aliphatic carbocycles. The van der Waals surface area contributed by atoms with Crippen LogP contribution in [0.4, 0.5) is 18.9 Å². The van der Waals surface area contributed by atoms with Gasteiger partial charge in [-0.1, -0.05) is 29.3 Å². The first-order chi connectivity index (χ1) is 10.2. The minimum Gasteiger partial charge on any atom is -0.321 e. The Balaban J connectivity index is 2.34. The van der Waals surface area contributed by atoms with E-state index in [0.29, 0.717) is 3.57 Å². The van der Waals surface area contributed by atoms with E-state index < -0.39 is 17.6 Å². The number of benzene rings is 2. The van der Waals surface area contributed by atoms with Gasteiger partial charge in [-0.05, 0) is 52.9 Å². The summed E-state index contributed by atoms with van der Waals surface area (Å²) >= 11 is 13.6. The lowest BCUT2D eigenvalue weighted by atomic mass is 10.1. The molecule has 8 heteroatoms. The van der Waals surface area contributed by atoms with Gasteiger partial charge in [0, 0.05) is 3.57 Å². The van der Waals surface area contributed by atoms with E-state index in [1.165, 1.54) is 24.3 Å². The van der Waals surface area contributed by atoms with Crippen molar-refractivity contribution in [3.63, 3.8) is 0 Å². The highest BCUT2D eigenvalue weighted by Crippen LogP contribution is 2.33. The number of rotatable bonds is 2. The lowest BCUT2D eigenvalue weighted by Crippen LogP contribution is -2.15. The van der Waals surface area contributed by atoms with Gasteiger partial charge in [0.1, 0.15) is 0 Å². The van der Waals surface area contributed by atoms with Crippen LogP contribution in [-0.2, 0) is 6.18 Å². The smallest absolute Gasteiger partial charge is 0.321 e. The van der Waals surface area contributed by atoms with Gasteiger partial charge in [0.25, 0.3) is 5.91 Å². The molecule has 2 aromatic rings. The van der Waals surface area contributed by atoms with Gasteiger partial charge in [-0.3, -0.25) is 4.79 Å². The van der Waals surface area contributed by atoms with E-state index in [9.17, 15) is 18.0 Å². The second-order valence-electron chi connectivity index (χ2n) is 4.25. The van der Waals surface area contributed by atoms with Crippen LogP contribution in [-0.4, -0.2) is 5.91 Å². The standard InChI is InChI=1S/C14H7Cl2F3INO/c15-9-3-1-2-8(12(9)16)13(22)21-11-6-7(14(17,18)19)4-5-10(11)20/h1-6H,(H,21,22). The summed E-state index contributed by atoms with van der Waals surface area (Å²) in [6.45, 7) is 0. The fourth-order valence-electron chi connectivity index (χ4n) is 1.67. The van der Waals surface area contributed by atoms with E-state index in [1.807, 2.05) is 22.6 Å². The van der Waals surface area contributed by atoms with Crippen LogP contribution >= 0.6 is 45.8 Å². The van der Waals surface area contributed by atoms with Gasteiger partial charge >= 0.3 is 6.18 Å². The number of carbonyl (C=O) groups is 1. The molecule has 0 aromatic heterocycles. The molecular weight excluding hydrogens is 453 g/mol. The summed E-state index contributed by atoms with van der Waals surface area (Å²) in [7, 11) is 0. The minimum absolute atomic E-state index is 0.0450. The number of hydrogen-bond donors (Lipinski definition) is 1. The van der Waals surface area contributed by atoms with Crippen LogP contribution in [0.15, 0.2) is 36.4 Å². The lowest BCUT2D eigenvalue weighted by Gasteiger charge is -2.12. The topological polar surface area (TPSA) is 29.1 Å². The number of alkyl halides is 3. The van der Waals surface area contributed by atoms with E-state index in [1.54, 1.807) is 0 Å². The second-order valence-corrected chi connectivity index (χ2v) is 6.20. The summed E-state index contributed by atoms with van der Waals surface area (Å²) < 4.78 is 38.6. The molecule has 116 valence electrons. The van der Waals surface area contributed by atoms with Crippen molar-refractivity contribution in [3.8, 4) is 0 Å². The third-order valence-corrected chi connectivity index (χ3v) is 4.50. The van der Waals surface area contributed by atoms with Crippen LogP contribution in [0.25, 0.3) is 0 Å². The molecule has 1 N–H and O–H groups in total. The summed E-state index contributed by atoms with van der Waals surface area (Å²) in [6, 6.07) is 7.57. The van der Waals surface area contributed by atoms with Crippen molar-refractivity contribution in [1.29, 1.82) is 0 Å². The number of halogens is 6. The number of hydrogen-bond acceptors (Lipinski definition) is 1. The molecule has 1 amide bonds. The predicted octanol–water partition coefficient (Wildman–Crippen LogP) is 5.87. The first kappa shape index (κ1) is 17.4. The first-order valence-corrected chi connectivity index (χ1v) is 7.65. The predicted molar refractivity (Wildman–Crippen MR) is 88.6 cm³/mol. The highest BCUT2D eigenvalue weighted by atomic mass is 127. The Morgan fingerprint density at radius 3 is 2.45 bits per heavy atom. The summed E-state index contributed by atoms with van der Waals surface area (Å²) in [4.78, 5) is 12.2. The number of carbonyl (C=O) groups excluding carboxylic acids is 1. The molecule has 2 nitrogen and oxygen atoms in total. The molecule has 0 saturated carbocycles. The normalized spacial score (nSPS) is 11.4. The third-order valence-electron chi connectivity index (χ3n) is 2.74. The molecule has 2 aromatic carbocycles. The van der Waals surface area contributed by atoms with E-state index in [-0.39, 0.29) is 21.3 Å². The summed E-state index contributed by atoms with van der Waals surface area (Å²) in [5.41, 5.74) is -0.709. The quantitative estimate of drug-likeness (QED) is 0.559. The second kappa shape index (κ2) is 6.64. The molecule has 0 radical (unpaired) electrons. The van der Waals surface area contributed by atoms with Crippen molar-refractivity contribution < 1.29 is 18.0 Å². The SMILES string of the molecule is O=C(Nc1cc(C(F)(F)F)ccc1I)c1cccc(Cl)c1Cl. The van der Waals surface area contributed by atoms with Gasteiger partial charge in [0.15, 0.2) is 0 Å². The van der Waals surface area contributed by atoms with Crippen LogP contribution in [0.1, 0.15) is 15.9 Å². The molecule has 0 bridgehead atoms. The van der Waals surface area contributed by atoms with E-state index in [2.05, 4.69) is 5.32 Å². The zero-order chi connectivity index (χ0) is 16.5. The van der Waals surface area contributed by atoms with Gasteiger partial charge in [-0.15, -0.1) is 0 Å². The maximum atomic E-state index is 12.7. The van der Waals surface area contributed by atoms with Crippen molar-refractivity contribution in [2.24, 2.45) is 0 Å². The van der Waals surface area contributed by atoms with Gasteiger partial charge in [0.2, 0.25) is 0 Å². The number of anilines is 1. The Hall–Kier alpha value is -0.990. The van der Waals surface area contributed by atoms with E-state index >= 15 is 0 Å². The number of nitrogens with one attached hydrogen (secondary N) is 1. The van der Waals surface area contributed by atoms with Gasteiger partial charge < -0.3 is 5.32 Å². The van der Waals surface area contributed by atoms with Crippen molar-refractivity contribution in [2.75, 3.05) is 5.32 Å². The first-order valence-electron chi connectivity index (χ1n) is 5.82. The van der Waals surface area contributed by atoms with Crippen LogP contribution in [0.5, 0.6) is 0 Å². The lowest BCUT2D eigenvalue weighted by molar-refractivity contribution is -0.137. The van der Waals surface area contributed by atoms with Crippen LogP contribution in [0.2, 0.25) is 10.0 Å². The monoisotopic (exact) mass is 459 g/mol. The van der Waals surface area contributed by atoms with Crippen molar-refractivity contribution in [2.45, 2.75) is 6.18 Å². The third kappa shape index (κ3) is 3.85. The van der Waals surface area contributed by atoms with E-state index in [4.69, 9.17) is 23.2 Å². The molecule has 2 rings (SSSR count). The fourth-order valence-corrected chi connectivity index (χ4v) is 2.52. The molecule has 0 spiro atoms. The number of amides is 1. The molecule has 0 aliphatic heterocycles. The van der Waals surface area contributed by atoms with Gasteiger partial charge in [0.05, 0.1) is 26.9 Å². The maximum absolute atomic E-state index is 12.7. The molecule has 0 aliphatic rings. The maximum Gasteiger partial charge on any atom is 0.416 e. The van der Waals surface area contributed by atoms with E-state index in [0.717, 1.165) is 12.1 Å². The summed E-state index contributed by atoms with van der Waals surface area (Å²) in [6.07, 6.45) is -4.49. The van der Waals surface area contributed by atoms with Gasteiger partial charge in [-0.25, -0.2) is 0 Å². The fraction of sp³-hybridized carbons (Fsp3) is 0.0714. The van der Waals surface area contributed by atoms with Crippen molar-refractivity contribution in [1.82, 2.24) is 0 Å². The summed E-state index contributed by atoms with van der Waals surface area (Å²) in [5, 5.41) is 2.65. The minimum atomic E-state index is -4.49. The van der Waals surface area contributed by atoms with Crippen LogP contribution in [0, 0.1) is 3.57 Å². The average molecular weight is 460 g/mol. The average Bonchev–Trinajstić information content (AvgIpc) is 2.43. The molecule has 0 fully saturated rings. The summed E-state index contributed by atoms with van der Waals surface area (Å²) in [5.74, 6) is -0.634. The van der Waals surface area contributed by atoms with Gasteiger partial charge in [-0.2, -0.15) is 13.2 Å². The highest BCUT2D eigenvalue weighted by Gasteiger charge is 2.31. The van der Waals surface area contributed by atoms with Crippen LogP contribution < -0.4 is 5.32 Å².